The summed E-state index contributed by atoms with van der Waals surface area (Å²) in [6.45, 7) is 0.661. The van der Waals surface area contributed by atoms with E-state index < -0.39 is 0 Å². The standard InChI is InChI=1S/C23H15N3OS3/c27-23-19-18(14-4-2-1-3-5-14)13-30-22(19)25-20-15(6-8-26(20)23)10-17-12-29-21(24-17)16-7-9-28-11-16/h1-5,7,9-13H,6,8H2. The molecule has 0 fully saturated rings. The fraction of sp³-hybridized carbons (Fsp3) is 0.0870. The minimum atomic E-state index is 0.0516. The Morgan fingerprint density at radius 3 is 2.70 bits per heavy atom. The predicted octanol–water partition coefficient (Wildman–Crippen LogP) is 6.25. The lowest BCUT2D eigenvalue weighted by Gasteiger charge is -2.04. The average molecular weight is 446 g/mol. The number of thiophene rings is 2. The normalized spacial score (nSPS) is 14.6. The second kappa shape index (κ2) is 7.12. The molecular formula is C23H15N3OS3. The van der Waals surface area contributed by atoms with E-state index in [9.17, 15) is 4.79 Å². The van der Waals surface area contributed by atoms with Crippen LogP contribution in [0.15, 0.2) is 62.7 Å². The van der Waals surface area contributed by atoms with Crippen LogP contribution in [0, 0.1) is 0 Å². The second-order valence-electron chi connectivity index (χ2n) is 7.10. The molecule has 1 aliphatic heterocycles. The van der Waals surface area contributed by atoms with Gasteiger partial charge in [0.05, 0.1) is 11.1 Å². The number of thiazole rings is 1. The van der Waals surface area contributed by atoms with E-state index in [1.54, 1.807) is 22.7 Å². The lowest BCUT2D eigenvalue weighted by molar-refractivity contribution is 0.726. The molecule has 30 heavy (non-hydrogen) atoms. The Hall–Kier alpha value is -2.87. The second-order valence-corrected chi connectivity index (χ2v) is 9.59. The van der Waals surface area contributed by atoms with Crippen molar-refractivity contribution in [3.05, 3.63) is 79.8 Å². The van der Waals surface area contributed by atoms with Crippen molar-refractivity contribution in [1.82, 2.24) is 14.5 Å². The summed E-state index contributed by atoms with van der Waals surface area (Å²) in [7, 11) is 0. The Bertz CT molecular complexity index is 1460. The fourth-order valence-corrected chi connectivity index (χ4v) is 6.26. The number of hydrogen-bond acceptors (Lipinski definition) is 6. The van der Waals surface area contributed by atoms with Crippen molar-refractivity contribution in [3.63, 3.8) is 0 Å². The van der Waals surface area contributed by atoms with E-state index in [0.717, 1.165) is 55.4 Å². The van der Waals surface area contributed by atoms with Crippen molar-refractivity contribution in [1.29, 1.82) is 0 Å². The first-order chi connectivity index (χ1) is 14.8. The number of rotatable bonds is 3. The maximum Gasteiger partial charge on any atom is 0.263 e. The molecule has 6 rings (SSSR count). The molecule has 1 aliphatic rings. The third-order valence-corrected chi connectivity index (χ3v) is 7.75. The van der Waals surface area contributed by atoms with Gasteiger partial charge in [-0.2, -0.15) is 11.3 Å². The van der Waals surface area contributed by atoms with Gasteiger partial charge < -0.3 is 0 Å². The topological polar surface area (TPSA) is 47.8 Å². The number of benzene rings is 1. The molecule has 7 heteroatoms. The summed E-state index contributed by atoms with van der Waals surface area (Å²) < 4.78 is 1.82. The lowest BCUT2D eigenvalue weighted by Crippen LogP contribution is -2.20. The van der Waals surface area contributed by atoms with E-state index in [0.29, 0.717) is 6.54 Å². The molecule has 0 saturated carbocycles. The SMILES string of the molecule is O=c1c2c(-c3ccccc3)csc2nc2n1CCC2=Cc1csc(-c2ccsc2)n1. The molecule has 0 radical (unpaired) electrons. The summed E-state index contributed by atoms with van der Waals surface area (Å²) in [4.78, 5) is 23.8. The Balaban J connectivity index is 1.44. The number of nitrogens with zero attached hydrogens (tertiary/aromatic N) is 3. The van der Waals surface area contributed by atoms with E-state index in [2.05, 4.69) is 28.3 Å². The highest BCUT2D eigenvalue weighted by Crippen LogP contribution is 2.35. The van der Waals surface area contributed by atoms with Crippen LogP contribution in [0.3, 0.4) is 0 Å². The van der Waals surface area contributed by atoms with Gasteiger partial charge in [0.1, 0.15) is 15.7 Å². The fourth-order valence-electron chi connectivity index (χ4n) is 3.84. The minimum Gasteiger partial charge on any atom is -0.292 e. The molecule has 5 heterocycles. The minimum absolute atomic E-state index is 0.0516. The van der Waals surface area contributed by atoms with Crippen molar-refractivity contribution in [2.45, 2.75) is 13.0 Å². The Morgan fingerprint density at radius 1 is 0.967 bits per heavy atom. The molecule has 0 atom stereocenters. The first-order valence-corrected chi connectivity index (χ1v) is 12.2. The highest BCUT2D eigenvalue weighted by molar-refractivity contribution is 7.17. The molecule has 5 aromatic rings. The number of hydrogen-bond donors (Lipinski definition) is 0. The molecule has 0 saturated heterocycles. The van der Waals surface area contributed by atoms with Crippen molar-refractivity contribution in [2.75, 3.05) is 0 Å². The van der Waals surface area contributed by atoms with E-state index >= 15 is 0 Å². The van der Waals surface area contributed by atoms with Crippen LogP contribution in [0.2, 0.25) is 0 Å². The molecule has 0 aliphatic carbocycles. The highest BCUT2D eigenvalue weighted by Gasteiger charge is 2.23. The lowest BCUT2D eigenvalue weighted by atomic mass is 10.1. The van der Waals surface area contributed by atoms with Gasteiger partial charge in [-0.3, -0.25) is 9.36 Å². The van der Waals surface area contributed by atoms with Crippen LogP contribution in [-0.2, 0) is 6.54 Å². The summed E-state index contributed by atoms with van der Waals surface area (Å²) >= 11 is 4.85. The maximum atomic E-state index is 13.3. The quantitative estimate of drug-likeness (QED) is 0.330. The van der Waals surface area contributed by atoms with Crippen LogP contribution < -0.4 is 5.56 Å². The smallest absolute Gasteiger partial charge is 0.263 e. The molecule has 0 amide bonds. The van der Waals surface area contributed by atoms with E-state index in [1.165, 1.54) is 11.3 Å². The van der Waals surface area contributed by atoms with Crippen molar-refractivity contribution in [2.24, 2.45) is 0 Å². The number of allylic oxidation sites excluding steroid dienone is 1. The summed E-state index contributed by atoms with van der Waals surface area (Å²) in [5.74, 6) is 0.777. The first-order valence-electron chi connectivity index (χ1n) is 9.54. The predicted molar refractivity (Wildman–Crippen MR) is 127 cm³/mol. The zero-order valence-electron chi connectivity index (χ0n) is 15.7. The van der Waals surface area contributed by atoms with E-state index in [1.807, 2.05) is 40.3 Å². The third-order valence-electron chi connectivity index (χ3n) is 5.28. The van der Waals surface area contributed by atoms with Gasteiger partial charge in [-0.25, -0.2) is 9.97 Å². The van der Waals surface area contributed by atoms with Gasteiger partial charge in [-0.1, -0.05) is 30.3 Å². The maximum absolute atomic E-state index is 13.3. The van der Waals surface area contributed by atoms with Crippen molar-refractivity contribution in [3.8, 4) is 21.7 Å². The van der Waals surface area contributed by atoms with Gasteiger partial charge in [0.2, 0.25) is 0 Å². The zero-order valence-corrected chi connectivity index (χ0v) is 18.2. The summed E-state index contributed by atoms with van der Waals surface area (Å²) in [5, 5.41) is 10.0. The average Bonchev–Trinajstić information content (AvgIpc) is 3.56. The van der Waals surface area contributed by atoms with Gasteiger partial charge >= 0.3 is 0 Å². The van der Waals surface area contributed by atoms with Crippen LogP contribution in [0.4, 0.5) is 0 Å². The van der Waals surface area contributed by atoms with Crippen LogP contribution in [0.1, 0.15) is 17.9 Å². The van der Waals surface area contributed by atoms with Crippen molar-refractivity contribution >= 4 is 55.9 Å². The third kappa shape index (κ3) is 2.89. The van der Waals surface area contributed by atoms with E-state index in [4.69, 9.17) is 9.97 Å². The molecule has 4 nitrogen and oxygen atoms in total. The van der Waals surface area contributed by atoms with Gasteiger partial charge in [0, 0.05) is 33.8 Å². The molecule has 0 unspecified atom stereocenters. The Labute approximate surface area is 184 Å². The Kier molecular flexibility index (Phi) is 4.26. The summed E-state index contributed by atoms with van der Waals surface area (Å²) in [5.41, 5.74) is 5.24. The Morgan fingerprint density at radius 2 is 1.87 bits per heavy atom. The largest absolute Gasteiger partial charge is 0.292 e. The molecule has 0 spiro atoms. The summed E-state index contributed by atoms with van der Waals surface area (Å²) in [6, 6.07) is 12.1. The van der Waals surface area contributed by atoms with Gasteiger partial charge in [0.15, 0.2) is 0 Å². The molecule has 4 aromatic heterocycles. The molecule has 0 N–H and O–H groups in total. The molecule has 146 valence electrons. The number of fused-ring (bicyclic) bond motifs is 2. The van der Waals surface area contributed by atoms with Gasteiger partial charge in [0.25, 0.3) is 5.56 Å². The highest BCUT2D eigenvalue weighted by atomic mass is 32.1. The molecule has 1 aromatic carbocycles. The van der Waals surface area contributed by atoms with Crippen LogP contribution in [0.5, 0.6) is 0 Å². The van der Waals surface area contributed by atoms with Gasteiger partial charge in [-0.05, 0) is 35.1 Å². The first kappa shape index (κ1) is 17.9. The van der Waals surface area contributed by atoms with Crippen molar-refractivity contribution < 1.29 is 0 Å². The van der Waals surface area contributed by atoms with E-state index in [-0.39, 0.29) is 5.56 Å². The number of aromatic nitrogens is 3. The van der Waals surface area contributed by atoms with Crippen LogP contribution >= 0.6 is 34.0 Å². The van der Waals surface area contributed by atoms with Crippen LogP contribution in [0.25, 0.3) is 43.6 Å². The monoisotopic (exact) mass is 445 g/mol. The molecular weight excluding hydrogens is 430 g/mol. The van der Waals surface area contributed by atoms with Crippen LogP contribution in [-0.4, -0.2) is 14.5 Å². The van der Waals surface area contributed by atoms with Gasteiger partial charge in [-0.15, -0.1) is 22.7 Å². The zero-order chi connectivity index (χ0) is 20.1. The molecule has 0 bridgehead atoms. The summed E-state index contributed by atoms with van der Waals surface area (Å²) in [6.07, 6.45) is 2.88.